The van der Waals surface area contributed by atoms with Gasteiger partial charge in [0.1, 0.15) is 5.75 Å². The highest BCUT2D eigenvalue weighted by Crippen LogP contribution is 2.34. The van der Waals surface area contributed by atoms with Gasteiger partial charge in [-0.1, -0.05) is 0 Å². The van der Waals surface area contributed by atoms with Crippen molar-refractivity contribution in [3.8, 4) is 17.2 Å². The molecule has 2 aromatic rings. The van der Waals surface area contributed by atoms with Crippen molar-refractivity contribution < 1.29 is 19.0 Å². The number of hydrazone groups is 1. The molecule has 0 spiro atoms. The number of aromatic amines is 1. The normalized spacial score (nSPS) is 12.6. The van der Waals surface area contributed by atoms with Crippen molar-refractivity contribution in [3.63, 3.8) is 0 Å². The number of fused-ring (bicyclic) bond motifs is 1. The summed E-state index contributed by atoms with van der Waals surface area (Å²) in [6, 6.07) is 8.80. The number of benzene rings is 1. The maximum atomic E-state index is 11.6. The second-order valence-electron chi connectivity index (χ2n) is 4.22. The molecular formula is C14H13N3O4. The van der Waals surface area contributed by atoms with Gasteiger partial charge in [-0.3, -0.25) is 4.79 Å². The van der Waals surface area contributed by atoms with Gasteiger partial charge in [0, 0.05) is 12.3 Å². The van der Waals surface area contributed by atoms with Gasteiger partial charge in [-0.15, -0.1) is 0 Å². The molecule has 7 nitrogen and oxygen atoms in total. The van der Waals surface area contributed by atoms with Gasteiger partial charge < -0.3 is 19.2 Å². The van der Waals surface area contributed by atoms with Crippen molar-refractivity contribution >= 4 is 12.1 Å². The number of nitrogens with zero attached hydrogens (tertiary/aromatic N) is 1. The third-order valence-corrected chi connectivity index (χ3v) is 2.73. The number of hydrogen-bond donors (Lipinski definition) is 2. The highest BCUT2D eigenvalue weighted by Gasteiger charge is 2.14. The zero-order valence-corrected chi connectivity index (χ0v) is 11.0. The van der Waals surface area contributed by atoms with Gasteiger partial charge in [-0.05, 0) is 24.3 Å². The van der Waals surface area contributed by atoms with Crippen LogP contribution >= 0.6 is 0 Å². The lowest BCUT2D eigenvalue weighted by molar-refractivity contribution is -0.123. The number of rotatable bonds is 5. The largest absolute Gasteiger partial charge is 0.484 e. The second kappa shape index (κ2) is 6.00. The van der Waals surface area contributed by atoms with Crippen LogP contribution in [0, 0.1) is 0 Å². The van der Waals surface area contributed by atoms with Crippen LogP contribution in [0.2, 0.25) is 0 Å². The molecule has 2 heterocycles. The second-order valence-corrected chi connectivity index (χ2v) is 4.22. The lowest BCUT2D eigenvalue weighted by Crippen LogP contribution is -2.24. The highest BCUT2D eigenvalue weighted by molar-refractivity contribution is 5.81. The van der Waals surface area contributed by atoms with E-state index in [1.807, 2.05) is 12.1 Å². The minimum Gasteiger partial charge on any atom is -0.484 e. The molecule has 0 saturated heterocycles. The quantitative estimate of drug-likeness (QED) is 0.640. The van der Waals surface area contributed by atoms with E-state index < -0.39 is 0 Å². The molecule has 0 unspecified atom stereocenters. The van der Waals surface area contributed by atoms with Crippen LogP contribution in [0.3, 0.4) is 0 Å². The Morgan fingerprint density at radius 1 is 1.38 bits per heavy atom. The van der Waals surface area contributed by atoms with E-state index in [1.165, 1.54) is 6.21 Å². The van der Waals surface area contributed by atoms with Crippen molar-refractivity contribution in [2.45, 2.75) is 0 Å². The molecule has 1 aliphatic rings. The fourth-order valence-electron chi connectivity index (χ4n) is 1.75. The number of amides is 1. The Morgan fingerprint density at radius 3 is 3.14 bits per heavy atom. The summed E-state index contributed by atoms with van der Waals surface area (Å²) in [5.41, 5.74) is 3.17. The van der Waals surface area contributed by atoms with Gasteiger partial charge in [0.15, 0.2) is 18.1 Å². The van der Waals surface area contributed by atoms with E-state index in [0.717, 1.165) is 5.69 Å². The average Bonchev–Trinajstić information content (AvgIpc) is 3.15. The summed E-state index contributed by atoms with van der Waals surface area (Å²) in [7, 11) is 0. The molecule has 3 rings (SSSR count). The predicted octanol–water partition coefficient (Wildman–Crippen LogP) is 1.27. The summed E-state index contributed by atoms with van der Waals surface area (Å²) in [4.78, 5) is 14.5. The Hall–Kier alpha value is -2.96. The fourth-order valence-corrected chi connectivity index (χ4v) is 1.75. The molecule has 108 valence electrons. The summed E-state index contributed by atoms with van der Waals surface area (Å²) >= 11 is 0. The topological polar surface area (TPSA) is 84.9 Å². The first-order valence-corrected chi connectivity index (χ1v) is 6.29. The Bertz CT molecular complexity index is 652. The van der Waals surface area contributed by atoms with Crippen LogP contribution in [0.1, 0.15) is 5.69 Å². The number of carbonyl (C=O) groups excluding carboxylic acids is 1. The molecule has 7 heteroatoms. The first-order chi connectivity index (χ1) is 10.3. The van der Waals surface area contributed by atoms with E-state index in [1.54, 1.807) is 24.4 Å². The maximum absolute atomic E-state index is 11.6. The number of aromatic nitrogens is 1. The van der Waals surface area contributed by atoms with E-state index in [4.69, 9.17) is 14.2 Å². The molecule has 0 saturated carbocycles. The first kappa shape index (κ1) is 13.0. The molecule has 0 aliphatic carbocycles. The molecule has 0 bridgehead atoms. The zero-order valence-electron chi connectivity index (χ0n) is 11.0. The van der Waals surface area contributed by atoms with Gasteiger partial charge in [-0.2, -0.15) is 5.10 Å². The minimum absolute atomic E-state index is 0.137. The fraction of sp³-hybridized carbons (Fsp3) is 0.143. The van der Waals surface area contributed by atoms with E-state index >= 15 is 0 Å². The summed E-state index contributed by atoms with van der Waals surface area (Å²) in [6.07, 6.45) is 3.28. The molecule has 2 N–H and O–H groups in total. The lowest BCUT2D eigenvalue weighted by atomic mass is 10.3. The molecule has 0 radical (unpaired) electrons. The zero-order chi connectivity index (χ0) is 14.5. The molecule has 1 amide bonds. The number of nitrogens with one attached hydrogen (secondary N) is 2. The van der Waals surface area contributed by atoms with Gasteiger partial charge in [0.2, 0.25) is 6.79 Å². The molecule has 0 fully saturated rings. The van der Waals surface area contributed by atoms with Crippen LogP contribution in [0.5, 0.6) is 17.2 Å². The van der Waals surface area contributed by atoms with Gasteiger partial charge in [0.25, 0.3) is 5.91 Å². The summed E-state index contributed by atoms with van der Waals surface area (Å²) in [6.45, 7) is 0.0639. The van der Waals surface area contributed by atoms with Crippen LogP contribution in [-0.4, -0.2) is 30.5 Å². The smallest absolute Gasteiger partial charge is 0.277 e. The van der Waals surface area contributed by atoms with Crippen LogP contribution < -0.4 is 19.6 Å². The predicted molar refractivity (Wildman–Crippen MR) is 74.6 cm³/mol. The number of ether oxygens (including phenoxy) is 3. The lowest BCUT2D eigenvalue weighted by Gasteiger charge is -2.05. The van der Waals surface area contributed by atoms with E-state index in [2.05, 4.69) is 15.5 Å². The van der Waals surface area contributed by atoms with Crippen LogP contribution in [-0.2, 0) is 4.79 Å². The SMILES string of the molecule is O=C(COc1ccc2c(c1)OCO2)NN=Cc1ccc[nH]1. The molecule has 1 aromatic carbocycles. The van der Waals surface area contributed by atoms with Crippen molar-refractivity contribution in [3.05, 3.63) is 42.2 Å². The molecule has 1 aromatic heterocycles. The third-order valence-electron chi connectivity index (χ3n) is 2.73. The highest BCUT2D eigenvalue weighted by atomic mass is 16.7. The summed E-state index contributed by atoms with van der Waals surface area (Å²) in [5, 5.41) is 3.80. The van der Waals surface area contributed by atoms with E-state index in [0.29, 0.717) is 17.2 Å². The van der Waals surface area contributed by atoms with Crippen LogP contribution in [0.4, 0.5) is 0 Å². The van der Waals surface area contributed by atoms with Gasteiger partial charge in [0.05, 0.1) is 11.9 Å². The van der Waals surface area contributed by atoms with Crippen molar-refractivity contribution in [2.24, 2.45) is 5.10 Å². The Balaban J connectivity index is 1.47. The molecule has 1 aliphatic heterocycles. The number of H-pyrrole nitrogens is 1. The Labute approximate surface area is 120 Å². The monoisotopic (exact) mass is 287 g/mol. The van der Waals surface area contributed by atoms with Gasteiger partial charge >= 0.3 is 0 Å². The summed E-state index contributed by atoms with van der Waals surface area (Å²) < 4.78 is 15.8. The Kier molecular flexibility index (Phi) is 3.72. The summed E-state index contributed by atoms with van der Waals surface area (Å²) in [5.74, 6) is 1.46. The van der Waals surface area contributed by atoms with E-state index in [9.17, 15) is 4.79 Å². The molecule has 0 atom stereocenters. The third kappa shape index (κ3) is 3.33. The Morgan fingerprint density at radius 2 is 2.29 bits per heavy atom. The van der Waals surface area contributed by atoms with Crippen LogP contribution in [0.25, 0.3) is 0 Å². The van der Waals surface area contributed by atoms with Crippen molar-refractivity contribution in [1.82, 2.24) is 10.4 Å². The maximum Gasteiger partial charge on any atom is 0.277 e. The van der Waals surface area contributed by atoms with Gasteiger partial charge in [-0.25, -0.2) is 5.43 Å². The van der Waals surface area contributed by atoms with E-state index in [-0.39, 0.29) is 19.3 Å². The molecular weight excluding hydrogens is 274 g/mol. The minimum atomic E-state index is -0.351. The number of carbonyl (C=O) groups is 1. The first-order valence-electron chi connectivity index (χ1n) is 6.29. The van der Waals surface area contributed by atoms with Crippen molar-refractivity contribution in [1.29, 1.82) is 0 Å². The van der Waals surface area contributed by atoms with Crippen LogP contribution in [0.15, 0.2) is 41.6 Å². The number of hydrogen-bond acceptors (Lipinski definition) is 5. The van der Waals surface area contributed by atoms with Crippen molar-refractivity contribution in [2.75, 3.05) is 13.4 Å². The standard InChI is InChI=1S/C14H13N3O4/c18-14(17-16-7-10-2-1-5-15-10)8-19-11-3-4-12-13(6-11)21-9-20-12/h1-7,15H,8-9H2,(H,17,18). The molecule has 21 heavy (non-hydrogen) atoms. The average molecular weight is 287 g/mol.